The van der Waals surface area contributed by atoms with Gasteiger partial charge in [-0.15, -0.1) is 11.3 Å². The van der Waals surface area contributed by atoms with Crippen LogP contribution in [0.2, 0.25) is 0 Å². The van der Waals surface area contributed by atoms with E-state index in [0.29, 0.717) is 16.1 Å². The molecular formula is C25H26F5N5O2S. The molecule has 0 saturated carbocycles. The molecule has 2 atom stereocenters. The molecule has 0 radical (unpaired) electrons. The summed E-state index contributed by atoms with van der Waals surface area (Å²) in [6.45, 7) is 4.38. The lowest BCUT2D eigenvalue weighted by Crippen LogP contribution is -2.57. The Balaban J connectivity index is 1.63. The predicted molar refractivity (Wildman–Crippen MR) is 133 cm³/mol. The van der Waals surface area contributed by atoms with Crippen LogP contribution >= 0.6 is 11.3 Å². The average Bonchev–Trinajstić information content (AvgIpc) is 3.23. The Labute approximate surface area is 220 Å². The number of ether oxygens (including phenoxy) is 1. The monoisotopic (exact) mass is 555 g/mol. The van der Waals surface area contributed by atoms with E-state index in [9.17, 15) is 26.7 Å². The van der Waals surface area contributed by atoms with Crippen molar-refractivity contribution >= 4 is 23.2 Å². The maximum atomic E-state index is 14.7. The summed E-state index contributed by atoms with van der Waals surface area (Å²) in [5.74, 6) is -5.26. The Kier molecular flexibility index (Phi) is 7.60. The van der Waals surface area contributed by atoms with Crippen LogP contribution in [0.4, 0.5) is 27.9 Å². The predicted octanol–water partition coefficient (Wildman–Crippen LogP) is 5.84. The number of amides is 1. The van der Waals surface area contributed by atoms with Crippen molar-refractivity contribution < 1.29 is 31.5 Å². The SMILES string of the molecule is COc1nc(NC[C@@H]2[C@H](C)CC(F)(F)CN2C(=O)c2nc(C)sc2-c2ccc(C)cc2)ncc1C(F)(F)F. The maximum absolute atomic E-state index is 14.7. The van der Waals surface area contributed by atoms with Crippen LogP contribution in [0.5, 0.6) is 5.88 Å². The number of benzene rings is 1. The Morgan fingerprint density at radius 3 is 2.53 bits per heavy atom. The van der Waals surface area contributed by atoms with Gasteiger partial charge in [0.2, 0.25) is 11.8 Å². The second-order valence-corrected chi connectivity index (χ2v) is 10.5. The number of rotatable bonds is 6. The largest absolute Gasteiger partial charge is 0.480 e. The quantitative estimate of drug-likeness (QED) is 0.385. The van der Waals surface area contributed by atoms with E-state index in [-0.39, 0.29) is 18.2 Å². The molecule has 204 valence electrons. The number of carbonyl (C=O) groups is 1. The summed E-state index contributed by atoms with van der Waals surface area (Å²) in [7, 11) is 1.05. The van der Waals surface area contributed by atoms with Crippen LogP contribution in [0, 0.1) is 19.8 Å². The number of piperidine rings is 1. The van der Waals surface area contributed by atoms with E-state index in [1.807, 2.05) is 31.2 Å². The molecular weight excluding hydrogens is 529 g/mol. The van der Waals surface area contributed by atoms with Crippen LogP contribution < -0.4 is 10.1 Å². The van der Waals surface area contributed by atoms with Crippen molar-refractivity contribution in [2.24, 2.45) is 5.92 Å². The van der Waals surface area contributed by atoms with Gasteiger partial charge in [0.05, 0.1) is 29.6 Å². The molecule has 1 amide bonds. The van der Waals surface area contributed by atoms with E-state index in [0.717, 1.165) is 23.1 Å². The van der Waals surface area contributed by atoms with Crippen LogP contribution in [0.3, 0.4) is 0 Å². The van der Waals surface area contributed by atoms with Crippen molar-refractivity contribution in [1.29, 1.82) is 0 Å². The molecule has 38 heavy (non-hydrogen) atoms. The molecule has 4 rings (SSSR count). The molecule has 0 spiro atoms. The molecule has 7 nitrogen and oxygen atoms in total. The third kappa shape index (κ3) is 5.87. The van der Waals surface area contributed by atoms with Gasteiger partial charge < -0.3 is 15.0 Å². The zero-order valence-electron chi connectivity index (χ0n) is 21.1. The topological polar surface area (TPSA) is 80.2 Å². The fourth-order valence-electron chi connectivity index (χ4n) is 4.48. The number of nitrogens with one attached hydrogen (secondary N) is 1. The molecule has 0 aliphatic carbocycles. The summed E-state index contributed by atoms with van der Waals surface area (Å²) in [4.78, 5) is 27.2. The Hall–Kier alpha value is -3.35. The summed E-state index contributed by atoms with van der Waals surface area (Å²) in [6, 6.07) is 6.75. The highest BCUT2D eigenvalue weighted by atomic mass is 32.1. The molecule has 0 unspecified atom stereocenters. The molecule has 0 bridgehead atoms. The minimum atomic E-state index is -4.71. The number of methoxy groups -OCH3 is 1. The van der Waals surface area contributed by atoms with Gasteiger partial charge in [0.25, 0.3) is 11.8 Å². The van der Waals surface area contributed by atoms with Crippen LogP contribution in [0.25, 0.3) is 10.4 Å². The van der Waals surface area contributed by atoms with E-state index in [1.165, 1.54) is 11.3 Å². The molecule has 1 N–H and O–H groups in total. The molecule has 3 heterocycles. The number of anilines is 1. The van der Waals surface area contributed by atoms with E-state index >= 15 is 0 Å². The molecule has 1 aliphatic rings. The summed E-state index contributed by atoms with van der Waals surface area (Å²) >= 11 is 1.30. The van der Waals surface area contributed by atoms with Crippen LogP contribution in [0.1, 0.15) is 40.0 Å². The van der Waals surface area contributed by atoms with Crippen LogP contribution in [-0.2, 0) is 6.18 Å². The fourth-order valence-corrected chi connectivity index (χ4v) is 5.40. The molecule has 1 aromatic carbocycles. The molecule has 2 aromatic heterocycles. The summed E-state index contributed by atoms with van der Waals surface area (Å²) < 4.78 is 73.5. The number of alkyl halides is 5. The normalized spacial score (nSPS) is 19.3. The molecule has 13 heteroatoms. The number of halogens is 5. The van der Waals surface area contributed by atoms with Gasteiger partial charge in [0.15, 0.2) is 0 Å². The first kappa shape index (κ1) is 27.7. The smallest absolute Gasteiger partial charge is 0.423 e. The van der Waals surface area contributed by atoms with Crippen molar-refractivity contribution in [2.45, 2.75) is 45.3 Å². The van der Waals surface area contributed by atoms with E-state index in [2.05, 4.69) is 20.3 Å². The first-order valence-electron chi connectivity index (χ1n) is 11.7. The van der Waals surface area contributed by atoms with Crippen molar-refractivity contribution in [1.82, 2.24) is 19.9 Å². The van der Waals surface area contributed by atoms with E-state index < -0.39 is 54.4 Å². The Morgan fingerprint density at radius 2 is 1.89 bits per heavy atom. The zero-order chi connectivity index (χ0) is 27.8. The van der Waals surface area contributed by atoms with Gasteiger partial charge in [0, 0.05) is 19.2 Å². The molecule has 1 saturated heterocycles. The summed E-state index contributed by atoms with van der Waals surface area (Å²) in [5, 5.41) is 3.41. The average molecular weight is 556 g/mol. The minimum Gasteiger partial charge on any atom is -0.480 e. The van der Waals surface area contributed by atoms with Gasteiger partial charge >= 0.3 is 6.18 Å². The van der Waals surface area contributed by atoms with E-state index in [1.54, 1.807) is 13.8 Å². The van der Waals surface area contributed by atoms with Gasteiger partial charge in [-0.3, -0.25) is 4.79 Å². The molecule has 1 aliphatic heterocycles. The van der Waals surface area contributed by atoms with Crippen LogP contribution in [-0.4, -0.2) is 57.9 Å². The highest BCUT2D eigenvalue weighted by Gasteiger charge is 2.47. The number of hydrogen-bond acceptors (Lipinski definition) is 7. The van der Waals surface area contributed by atoms with Gasteiger partial charge in [0.1, 0.15) is 11.3 Å². The second-order valence-electron chi connectivity index (χ2n) is 9.31. The first-order valence-corrected chi connectivity index (χ1v) is 12.6. The summed E-state index contributed by atoms with van der Waals surface area (Å²) in [6.07, 6.45) is -4.58. The van der Waals surface area contributed by atoms with Crippen molar-refractivity contribution in [3.63, 3.8) is 0 Å². The van der Waals surface area contributed by atoms with Gasteiger partial charge in [-0.05, 0) is 25.3 Å². The van der Waals surface area contributed by atoms with Gasteiger partial charge in [-0.1, -0.05) is 36.8 Å². The standard InChI is InChI=1S/C25H26F5N5O2S/c1-13-5-7-16(8-6-13)20-19(33-15(3)38-20)22(36)35-12-24(26,27)9-14(2)18(35)11-32-23-31-10-17(25(28,29)30)21(34-23)37-4/h5-8,10,14,18H,9,11-12H2,1-4H3,(H,31,32,34)/t14-,18-/m1/s1. The van der Waals surface area contributed by atoms with Gasteiger partial charge in [-0.2, -0.15) is 18.2 Å². The minimum absolute atomic E-state index is 0.0690. The number of likely N-dealkylation sites (tertiary alicyclic amines) is 1. The number of aromatic nitrogens is 3. The van der Waals surface area contributed by atoms with Crippen molar-refractivity contribution in [3.8, 4) is 16.3 Å². The highest BCUT2D eigenvalue weighted by Crippen LogP contribution is 2.38. The molecule has 1 fully saturated rings. The maximum Gasteiger partial charge on any atom is 0.423 e. The lowest BCUT2D eigenvalue weighted by atomic mass is 9.88. The Bertz CT molecular complexity index is 1310. The lowest BCUT2D eigenvalue weighted by molar-refractivity contribution is -0.139. The molecule has 3 aromatic rings. The zero-order valence-corrected chi connectivity index (χ0v) is 21.9. The second kappa shape index (κ2) is 10.4. The van der Waals surface area contributed by atoms with Crippen LogP contribution in [0.15, 0.2) is 30.5 Å². The number of carbonyl (C=O) groups excluding carboxylic acids is 1. The van der Waals surface area contributed by atoms with Crippen molar-refractivity contribution in [3.05, 3.63) is 52.3 Å². The Morgan fingerprint density at radius 1 is 1.21 bits per heavy atom. The lowest BCUT2D eigenvalue weighted by Gasteiger charge is -2.43. The number of hydrogen-bond donors (Lipinski definition) is 1. The number of nitrogens with zero attached hydrogens (tertiary/aromatic N) is 4. The highest BCUT2D eigenvalue weighted by molar-refractivity contribution is 7.15. The number of aryl methyl sites for hydroxylation is 2. The van der Waals surface area contributed by atoms with Gasteiger partial charge in [-0.25, -0.2) is 18.7 Å². The first-order chi connectivity index (χ1) is 17.8. The third-order valence-corrected chi connectivity index (χ3v) is 7.33. The van der Waals surface area contributed by atoms with Crippen molar-refractivity contribution in [2.75, 3.05) is 25.5 Å². The summed E-state index contributed by atoms with van der Waals surface area (Å²) in [5.41, 5.74) is 0.719. The fraction of sp³-hybridized carbons (Fsp3) is 0.440. The van der Waals surface area contributed by atoms with E-state index in [4.69, 9.17) is 4.74 Å². The third-order valence-electron chi connectivity index (χ3n) is 6.31. The number of thiazole rings is 1.